The van der Waals surface area contributed by atoms with Gasteiger partial charge in [0.15, 0.2) is 4.34 Å². The van der Waals surface area contributed by atoms with Crippen molar-refractivity contribution in [3.63, 3.8) is 0 Å². The van der Waals surface area contributed by atoms with Crippen LogP contribution in [0.4, 0.5) is 5.13 Å². The Balaban J connectivity index is 1.65. The second-order valence-electron chi connectivity index (χ2n) is 6.70. The van der Waals surface area contributed by atoms with Crippen LogP contribution in [0.2, 0.25) is 0 Å². The summed E-state index contributed by atoms with van der Waals surface area (Å²) in [7, 11) is 0. The van der Waals surface area contributed by atoms with Crippen molar-refractivity contribution in [2.45, 2.75) is 24.7 Å². The van der Waals surface area contributed by atoms with Crippen molar-refractivity contribution in [2.75, 3.05) is 11.1 Å². The molecule has 152 valence electrons. The second kappa shape index (κ2) is 9.23. The average molecular weight is 436 g/mol. The molecule has 4 aromatic rings. The number of thioether (sulfide) groups is 1. The van der Waals surface area contributed by atoms with Crippen molar-refractivity contribution in [3.8, 4) is 11.3 Å². The maximum Gasteiger partial charge on any atom is 0.261 e. The highest BCUT2D eigenvalue weighted by molar-refractivity contribution is 8.01. The molecule has 0 aliphatic carbocycles. The predicted molar refractivity (Wildman–Crippen MR) is 122 cm³/mol. The minimum absolute atomic E-state index is 0.242. The quantitative estimate of drug-likeness (QED) is 0.322. The number of nitrogens with one attached hydrogen (secondary N) is 1. The van der Waals surface area contributed by atoms with E-state index in [9.17, 15) is 4.79 Å². The van der Waals surface area contributed by atoms with Gasteiger partial charge in [0.2, 0.25) is 5.13 Å². The van der Waals surface area contributed by atoms with E-state index in [4.69, 9.17) is 5.10 Å². The first-order chi connectivity index (χ1) is 14.6. The van der Waals surface area contributed by atoms with Crippen molar-refractivity contribution >= 4 is 34.1 Å². The standard InChI is InChI=1S/C22H21N5OS2/c1-3-29-22-25-24-21(30-22)23-20(28)18-14-27(13-16-7-5-4-6-8-16)26-19(18)17-11-9-15(2)10-12-17/h4-12,14H,3,13H2,1-2H3,(H,23,24,28). The van der Waals surface area contributed by atoms with E-state index >= 15 is 0 Å². The molecular weight excluding hydrogens is 414 g/mol. The van der Waals surface area contributed by atoms with Gasteiger partial charge in [0.25, 0.3) is 5.91 Å². The summed E-state index contributed by atoms with van der Waals surface area (Å²) >= 11 is 2.98. The zero-order valence-electron chi connectivity index (χ0n) is 16.7. The van der Waals surface area contributed by atoms with Crippen molar-refractivity contribution in [1.82, 2.24) is 20.0 Å². The van der Waals surface area contributed by atoms with Gasteiger partial charge in [0.1, 0.15) is 5.69 Å². The van der Waals surface area contributed by atoms with Crippen LogP contribution >= 0.6 is 23.1 Å². The van der Waals surface area contributed by atoms with E-state index in [1.165, 1.54) is 11.3 Å². The summed E-state index contributed by atoms with van der Waals surface area (Å²) in [6, 6.07) is 18.1. The third kappa shape index (κ3) is 4.77. The monoisotopic (exact) mass is 435 g/mol. The van der Waals surface area contributed by atoms with Crippen molar-refractivity contribution < 1.29 is 4.79 Å². The summed E-state index contributed by atoms with van der Waals surface area (Å²) < 4.78 is 2.64. The SMILES string of the molecule is CCSc1nnc(NC(=O)c2cn(Cc3ccccc3)nc2-c2ccc(C)cc2)s1. The average Bonchev–Trinajstić information content (AvgIpc) is 3.37. The highest BCUT2D eigenvalue weighted by atomic mass is 32.2. The van der Waals surface area contributed by atoms with Gasteiger partial charge in [-0.15, -0.1) is 10.2 Å². The normalized spacial score (nSPS) is 10.9. The molecule has 0 bridgehead atoms. The summed E-state index contributed by atoms with van der Waals surface area (Å²) in [5.74, 6) is 0.668. The molecule has 0 radical (unpaired) electrons. The molecule has 0 saturated heterocycles. The Morgan fingerprint density at radius 3 is 2.60 bits per heavy atom. The molecule has 2 aromatic carbocycles. The van der Waals surface area contributed by atoms with Gasteiger partial charge < -0.3 is 0 Å². The van der Waals surface area contributed by atoms with E-state index in [1.807, 2.05) is 61.5 Å². The lowest BCUT2D eigenvalue weighted by Crippen LogP contribution is -2.12. The van der Waals surface area contributed by atoms with Crippen LogP contribution in [0.1, 0.15) is 28.4 Å². The van der Waals surface area contributed by atoms with Gasteiger partial charge in [-0.1, -0.05) is 90.2 Å². The van der Waals surface area contributed by atoms with Gasteiger partial charge in [-0.05, 0) is 18.2 Å². The van der Waals surface area contributed by atoms with Crippen LogP contribution < -0.4 is 5.32 Å². The molecule has 0 unspecified atom stereocenters. The highest BCUT2D eigenvalue weighted by Crippen LogP contribution is 2.27. The molecule has 0 spiro atoms. The molecular formula is C22H21N5OS2. The van der Waals surface area contributed by atoms with E-state index in [0.29, 0.717) is 22.9 Å². The summed E-state index contributed by atoms with van der Waals surface area (Å²) in [4.78, 5) is 13.1. The number of amides is 1. The lowest BCUT2D eigenvalue weighted by atomic mass is 10.1. The van der Waals surface area contributed by atoms with Crippen LogP contribution in [-0.4, -0.2) is 31.6 Å². The molecule has 0 aliphatic rings. The zero-order valence-corrected chi connectivity index (χ0v) is 18.3. The molecule has 1 N–H and O–H groups in total. The number of carbonyl (C=O) groups excluding carboxylic acids is 1. The fraction of sp³-hybridized carbons (Fsp3) is 0.182. The molecule has 0 aliphatic heterocycles. The van der Waals surface area contributed by atoms with Crippen LogP contribution in [0.5, 0.6) is 0 Å². The number of anilines is 1. The highest BCUT2D eigenvalue weighted by Gasteiger charge is 2.20. The lowest BCUT2D eigenvalue weighted by molar-refractivity contribution is 0.102. The number of hydrogen-bond acceptors (Lipinski definition) is 6. The van der Waals surface area contributed by atoms with E-state index in [-0.39, 0.29) is 5.91 Å². The number of rotatable bonds is 7. The van der Waals surface area contributed by atoms with Crippen LogP contribution in [0.15, 0.2) is 65.1 Å². The Hall–Kier alpha value is -2.97. The van der Waals surface area contributed by atoms with Crippen LogP contribution in [0.3, 0.4) is 0 Å². The molecule has 6 nitrogen and oxygen atoms in total. The van der Waals surface area contributed by atoms with E-state index in [0.717, 1.165) is 26.8 Å². The summed E-state index contributed by atoms with van der Waals surface area (Å²) in [5.41, 5.74) is 4.33. The molecule has 2 aromatic heterocycles. The third-order valence-electron chi connectivity index (χ3n) is 4.41. The first-order valence-corrected chi connectivity index (χ1v) is 11.4. The Kier molecular flexibility index (Phi) is 6.25. The van der Waals surface area contributed by atoms with E-state index < -0.39 is 0 Å². The summed E-state index contributed by atoms with van der Waals surface area (Å²) in [6.45, 7) is 4.68. The van der Waals surface area contributed by atoms with E-state index in [1.54, 1.807) is 22.6 Å². The van der Waals surface area contributed by atoms with Gasteiger partial charge in [0.05, 0.1) is 12.1 Å². The van der Waals surface area contributed by atoms with E-state index in [2.05, 4.69) is 22.4 Å². The molecule has 0 atom stereocenters. The maximum absolute atomic E-state index is 13.1. The number of nitrogens with zero attached hydrogens (tertiary/aromatic N) is 4. The Bertz CT molecular complexity index is 1140. The molecule has 2 heterocycles. The number of benzene rings is 2. The Morgan fingerprint density at radius 2 is 1.87 bits per heavy atom. The number of hydrogen-bond donors (Lipinski definition) is 1. The smallest absolute Gasteiger partial charge is 0.261 e. The fourth-order valence-corrected chi connectivity index (χ4v) is 4.61. The molecule has 30 heavy (non-hydrogen) atoms. The van der Waals surface area contributed by atoms with Gasteiger partial charge in [0, 0.05) is 11.8 Å². The van der Waals surface area contributed by atoms with Gasteiger partial charge in [-0.3, -0.25) is 14.8 Å². The van der Waals surface area contributed by atoms with Crippen LogP contribution in [-0.2, 0) is 6.54 Å². The van der Waals surface area contributed by atoms with Crippen molar-refractivity contribution in [2.24, 2.45) is 0 Å². The number of aryl methyl sites for hydroxylation is 1. The first-order valence-electron chi connectivity index (χ1n) is 9.58. The molecule has 8 heteroatoms. The van der Waals surface area contributed by atoms with Crippen molar-refractivity contribution in [3.05, 3.63) is 77.5 Å². The van der Waals surface area contributed by atoms with Crippen LogP contribution in [0.25, 0.3) is 11.3 Å². The molecule has 0 fully saturated rings. The molecule has 4 rings (SSSR count). The van der Waals surface area contributed by atoms with Gasteiger partial charge in [-0.2, -0.15) is 5.10 Å². The Labute approximate surface area is 183 Å². The third-order valence-corrected chi connectivity index (χ3v) is 6.27. The largest absolute Gasteiger partial charge is 0.296 e. The minimum Gasteiger partial charge on any atom is -0.296 e. The molecule has 1 amide bonds. The lowest BCUT2D eigenvalue weighted by Gasteiger charge is -2.03. The fourth-order valence-electron chi connectivity index (χ4n) is 2.97. The summed E-state index contributed by atoms with van der Waals surface area (Å²) in [6.07, 6.45) is 1.79. The van der Waals surface area contributed by atoms with Gasteiger partial charge in [-0.25, -0.2) is 0 Å². The number of aromatic nitrogens is 4. The zero-order chi connectivity index (χ0) is 20.9. The first kappa shape index (κ1) is 20.3. The topological polar surface area (TPSA) is 72.7 Å². The minimum atomic E-state index is -0.242. The Morgan fingerprint density at radius 1 is 1.10 bits per heavy atom. The number of carbonyl (C=O) groups is 1. The second-order valence-corrected chi connectivity index (χ2v) is 9.19. The van der Waals surface area contributed by atoms with Crippen LogP contribution in [0, 0.1) is 6.92 Å². The maximum atomic E-state index is 13.1. The predicted octanol–water partition coefficient (Wildman–Crippen LogP) is 5.12. The van der Waals surface area contributed by atoms with Gasteiger partial charge >= 0.3 is 0 Å². The molecule has 0 saturated carbocycles. The van der Waals surface area contributed by atoms with Crippen molar-refractivity contribution in [1.29, 1.82) is 0 Å². The summed E-state index contributed by atoms with van der Waals surface area (Å²) in [5, 5.41) is 16.3.